The van der Waals surface area contributed by atoms with Crippen LogP contribution in [0, 0.1) is 0 Å². The van der Waals surface area contributed by atoms with E-state index in [0.717, 1.165) is 0 Å². The number of nitrogens with zero attached hydrogens (tertiary/aromatic N) is 1. The molecule has 0 unspecified atom stereocenters. The molecule has 1 aromatic rings. The maximum Gasteiger partial charge on any atom is 0.185 e. The van der Waals surface area contributed by atoms with E-state index >= 15 is 0 Å². The maximum atomic E-state index is 3.54. The second kappa shape index (κ2) is 3.52. The lowest BCUT2D eigenvalue weighted by Gasteiger charge is -2.11. The third kappa shape index (κ3) is 1.75. The zero-order chi connectivity index (χ0) is 8.55. The molecule has 0 saturated heterocycles. The number of hydrogen-bond donors (Lipinski definition) is 0. The predicted octanol–water partition coefficient (Wildman–Crippen LogP) is 1.46. The molecule has 64 valence electrons. The number of thiophene rings is 1. The summed E-state index contributed by atoms with van der Waals surface area (Å²) in [5, 5.41) is 0. The molecule has 0 amide bonds. The number of rotatable bonds is 0. The topological polar surface area (TPSA) is 3.24 Å². The zero-order valence-corrected chi connectivity index (χ0v) is 9.54. The summed E-state index contributed by atoms with van der Waals surface area (Å²) in [4.78, 5) is 3.98. The summed E-state index contributed by atoms with van der Waals surface area (Å²) in [5.74, 6) is 0. The first-order valence-electron chi connectivity index (χ1n) is 4.21. The Morgan fingerprint density at radius 1 is 1.42 bits per heavy atom. The van der Waals surface area contributed by atoms with Crippen molar-refractivity contribution in [2.24, 2.45) is 0 Å². The summed E-state index contributed by atoms with van der Waals surface area (Å²) in [6.07, 6.45) is 2.44. The van der Waals surface area contributed by atoms with Crippen molar-refractivity contribution in [1.82, 2.24) is 4.81 Å². The molecule has 12 heavy (non-hydrogen) atoms. The highest BCUT2D eigenvalue weighted by molar-refractivity contribution is 9.11. The fourth-order valence-electron chi connectivity index (χ4n) is 1.57. The van der Waals surface area contributed by atoms with Gasteiger partial charge in [-0.15, -0.1) is 11.3 Å². The van der Waals surface area contributed by atoms with Crippen LogP contribution in [0.15, 0.2) is 9.85 Å². The summed E-state index contributed by atoms with van der Waals surface area (Å²) >= 11 is 5.43. The lowest BCUT2D eigenvalue weighted by atomic mass is 10.2. The Kier molecular flexibility index (Phi) is 2.58. The highest BCUT2D eigenvalue weighted by Crippen LogP contribution is 2.29. The van der Waals surface area contributed by atoms with Crippen LogP contribution in [0.25, 0.3) is 0 Å². The molecule has 0 N–H and O–H groups in total. The largest absolute Gasteiger partial charge is 0.348 e. The second-order valence-corrected chi connectivity index (χ2v) is 5.82. The van der Waals surface area contributed by atoms with E-state index in [9.17, 15) is 0 Å². The molecule has 0 spiro atoms. The van der Waals surface area contributed by atoms with Crippen LogP contribution in [-0.2, 0) is 12.8 Å². The van der Waals surface area contributed by atoms with Gasteiger partial charge in [0.2, 0.25) is 0 Å². The number of fused-ring (bicyclic) bond motifs is 1. The zero-order valence-electron chi connectivity index (χ0n) is 7.14. The highest BCUT2D eigenvalue weighted by atomic mass is 79.9. The van der Waals surface area contributed by atoms with E-state index in [1.165, 1.54) is 29.7 Å². The van der Waals surface area contributed by atoms with Crippen LogP contribution in [0.3, 0.4) is 0 Å². The minimum Gasteiger partial charge on any atom is -0.348 e. The first kappa shape index (κ1) is 8.79. The van der Waals surface area contributed by atoms with Crippen molar-refractivity contribution in [3.05, 3.63) is 20.3 Å². The quantitative estimate of drug-likeness (QED) is 0.624. The van der Waals surface area contributed by atoms with Gasteiger partial charge in [0.05, 0.1) is 3.79 Å². The van der Waals surface area contributed by atoms with E-state index in [-0.39, 0.29) is 0 Å². The van der Waals surface area contributed by atoms with Crippen LogP contribution >= 0.6 is 27.3 Å². The molecule has 0 atom stereocenters. The van der Waals surface area contributed by atoms with Gasteiger partial charge in [0, 0.05) is 4.88 Å². The molecule has 0 bridgehead atoms. The minimum absolute atomic E-state index is 1.20. The Morgan fingerprint density at radius 3 is 3.00 bits per heavy atom. The molecule has 1 aromatic heterocycles. The first-order chi connectivity index (χ1) is 5.75. The summed E-state index contributed by atoms with van der Waals surface area (Å²) < 4.78 is 1.29. The third-order valence-electron chi connectivity index (χ3n) is 2.35. The molecule has 1 nitrogen and oxygen atoms in total. The average Bonchev–Trinajstić information content (AvgIpc) is 2.31. The Morgan fingerprint density at radius 2 is 2.17 bits per heavy atom. The summed E-state index contributed by atoms with van der Waals surface area (Å²) in [7, 11) is 2.20. The normalized spacial score (nSPS) is 18.8. The van der Waals surface area contributed by atoms with Crippen molar-refractivity contribution in [2.45, 2.75) is 12.8 Å². The molecule has 4 heteroatoms. The SMILES string of the molecule is BN1CCc2cc(Br)sc2CC1. The van der Waals surface area contributed by atoms with E-state index < -0.39 is 0 Å². The average molecular weight is 244 g/mol. The van der Waals surface area contributed by atoms with E-state index in [1.807, 2.05) is 11.3 Å². The maximum absolute atomic E-state index is 3.54. The van der Waals surface area contributed by atoms with Crippen molar-refractivity contribution in [3.63, 3.8) is 0 Å². The standard InChI is InChI=1S/C8H11BBrNS/c9-11-3-1-6-5-8(10)12-7(6)2-4-11/h5H,1-4,9H2. The monoisotopic (exact) mass is 243 g/mol. The molecule has 0 fully saturated rings. The molecule has 0 aromatic carbocycles. The minimum atomic E-state index is 1.20. The Bertz CT molecular complexity index is 261. The van der Waals surface area contributed by atoms with Crippen LogP contribution in [0.2, 0.25) is 0 Å². The van der Waals surface area contributed by atoms with Crippen molar-refractivity contribution in [1.29, 1.82) is 0 Å². The first-order valence-corrected chi connectivity index (χ1v) is 5.82. The Labute approximate surface area is 86.3 Å². The Hall–Kier alpha value is 0.205. The van der Waals surface area contributed by atoms with Gasteiger partial charge in [-0.3, -0.25) is 0 Å². The van der Waals surface area contributed by atoms with E-state index in [2.05, 4.69) is 34.8 Å². The summed E-state index contributed by atoms with van der Waals surface area (Å²) in [6.45, 7) is 2.41. The molecule has 2 rings (SSSR count). The fourth-order valence-corrected chi connectivity index (χ4v) is 3.35. The highest BCUT2D eigenvalue weighted by Gasteiger charge is 2.13. The Balaban J connectivity index is 2.24. The summed E-state index contributed by atoms with van der Waals surface area (Å²) in [6, 6.07) is 2.28. The molecular formula is C8H11BBrNS. The molecule has 1 aliphatic rings. The van der Waals surface area contributed by atoms with Gasteiger partial charge in [0.15, 0.2) is 7.98 Å². The van der Waals surface area contributed by atoms with Gasteiger partial charge in [-0.1, -0.05) is 0 Å². The summed E-state index contributed by atoms with van der Waals surface area (Å²) in [5.41, 5.74) is 1.55. The van der Waals surface area contributed by atoms with Gasteiger partial charge < -0.3 is 4.81 Å². The lowest BCUT2D eigenvalue weighted by Crippen LogP contribution is -2.22. The van der Waals surface area contributed by atoms with Gasteiger partial charge in [0.25, 0.3) is 0 Å². The molecule has 0 saturated carbocycles. The molecule has 2 heterocycles. The van der Waals surface area contributed by atoms with Crippen molar-refractivity contribution < 1.29 is 0 Å². The lowest BCUT2D eigenvalue weighted by molar-refractivity contribution is 0.476. The van der Waals surface area contributed by atoms with Crippen LogP contribution in [-0.4, -0.2) is 25.9 Å². The van der Waals surface area contributed by atoms with Gasteiger partial charge in [-0.25, -0.2) is 0 Å². The van der Waals surface area contributed by atoms with Crippen molar-refractivity contribution in [3.8, 4) is 0 Å². The van der Waals surface area contributed by atoms with Crippen LogP contribution < -0.4 is 0 Å². The molecule has 0 radical (unpaired) electrons. The van der Waals surface area contributed by atoms with Gasteiger partial charge in [0.1, 0.15) is 0 Å². The number of hydrogen-bond acceptors (Lipinski definition) is 2. The molecule has 1 aliphatic heterocycles. The van der Waals surface area contributed by atoms with E-state index in [0.29, 0.717) is 0 Å². The predicted molar refractivity (Wildman–Crippen MR) is 59.5 cm³/mol. The van der Waals surface area contributed by atoms with E-state index in [4.69, 9.17) is 0 Å². The van der Waals surface area contributed by atoms with Crippen LogP contribution in [0.1, 0.15) is 10.4 Å². The smallest absolute Gasteiger partial charge is 0.185 e. The van der Waals surface area contributed by atoms with Crippen molar-refractivity contribution >= 4 is 35.2 Å². The second-order valence-electron chi connectivity index (χ2n) is 3.30. The third-order valence-corrected chi connectivity index (χ3v) is 4.09. The molecular weight excluding hydrogens is 233 g/mol. The number of halogens is 1. The van der Waals surface area contributed by atoms with E-state index in [1.54, 1.807) is 10.4 Å². The van der Waals surface area contributed by atoms with Crippen molar-refractivity contribution in [2.75, 3.05) is 13.1 Å². The van der Waals surface area contributed by atoms with Gasteiger partial charge in [-0.05, 0) is 53.5 Å². The van der Waals surface area contributed by atoms with Crippen LogP contribution in [0.4, 0.5) is 0 Å². The van der Waals surface area contributed by atoms with Gasteiger partial charge in [-0.2, -0.15) is 0 Å². The fraction of sp³-hybridized carbons (Fsp3) is 0.500. The van der Waals surface area contributed by atoms with Crippen LogP contribution in [0.5, 0.6) is 0 Å². The molecule has 0 aliphatic carbocycles. The van der Waals surface area contributed by atoms with Gasteiger partial charge >= 0.3 is 0 Å².